The highest BCUT2D eigenvalue weighted by Crippen LogP contribution is 2.24. The van der Waals surface area contributed by atoms with Gasteiger partial charge < -0.3 is 5.32 Å². The summed E-state index contributed by atoms with van der Waals surface area (Å²) in [6.45, 7) is 0. The summed E-state index contributed by atoms with van der Waals surface area (Å²) in [7, 11) is 1.78. The fourth-order valence-electron chi connectivity index (χ4n) is 2.05. The summed E-state index contributed by atoms with van der Waals surface area (Å²) in [4.78, 5) is 0. The lowest BCUT2D eigenvalue weighted by Gasteiger charge is -2.17. The molecule has 0 aliphatic carbocycles. The molecule has 1 N–H and O–H groups in total. The van der Waals surface area contributed by atoms with Crippen LogP contribution in [0.5, 0.6) is 0 Å². The molecule has 0 saturated carbocycles. The maximum atomic E-state index is 13.6. The molecule has 1 atom stereocenters. The lowest BCUT2D eigenvalue weighted by atomic mass is 9.98. The van der Waals surface area contributed by atoms with Crippen LogP contribution in [0.4, 0.5) is 8.78 Å². The van der Waals surface area contributed by atoms with Crippen LogP contribution in [0.2, 0.25) is 0 Å². The van der Waals surface area contributed by atoms with Gasteiger partial charge in [-0.15, -0.1) is 0 Å². The Morgan fingerprint density at radius 1 is 1.16 bits per heavy atom. The van der Waals surface area contributed by atoms with E-state index in [-0.39, 0.29) is 17.7 Å². The predicted molar refractivity (Wildman–Crippen MR) is 76.0 cm³/mol. The first kappa shape index (κ1) is 14.2. The number of hydrogen-bond acceptors (Lipinski definition) is 1. The number of benzene rings is 2. The highest BCUT2D eigenvalue weighted by molar-refractivity contribution is 9.10. The van der Waals surface area contributed by atoms with Gasteiger partial charge in [-0.05, 0) is 48.9 Å². The Morgan fingerprint density at radius 2 is 1.89 bits per heavy atom. The molecule has 1 unspecified atom stereocenters. The molecular weight excluding hydrogens is 312 g/mol. The topological polar surface area (TPSA) is 12.0 Å². The summed E-state index contributed by atoms with van der Waals surface area (Å²) in [5.74, 6) is -0.545. The smallest absolute Gasteiger partial charge is 0.126 e. The molecule has 2 aromatic carbocycles. The first-order valence-electron chi connectivity index (χ1n) is 5.97. The second-order valence-corrected chi connectivity index (χ2v) is 5.26. The molecule has 0 aromatic heterocycles. The Morgan fingerprint density at radius 3 is 2.53 bits per heavy atom. The first-order valence-corrected chi connectivity index (χ1v) is 6.76. The molecule has 0 radical (unpaired) electrons. The number of likely N-dealkylation sites (N-methyl/N-ethyl adjacent to an activating group) is 1. The van der Waals surface area contributed by atoms with E-state index in [4.69, 9.17) is 0 Å². The molecular formula is C15H14BrF2N. The van der Waals surface area contributed by atoms with Crippen LogP contribution < -0.4 is 5.32 Å². The lowest BCUT2D eigenvalue weighted by Crippen LogP contribution is -2.19. The molecule has 0 fully saturated rings. The van der Waals surface area contributed by atoms with Crippen molar-refractivity contribution in [3.05, 3.63) is 69.7 Å². The van der Waals surface area contributed by atoms with Crippen LogP contribution >= 0.6 is 15.9 Å². The van der Waals surface area contributed by atoms with Crippen molar-refractivity contribution in [2.24, 2.45) is 0 Å². The molecule has 1 nitrogen and oxygen atoms in total. The normalized spacial score (nSPS) is 12.4. The average molecular weight is 326 g/mol. The van der Waals surface area contributed by atoms with Crippen molar-refractivity contribution in [3.8, 4) is 0 Å². The predicted octanol–water partition coefficient (Wildman–Crippen LogP) is 4.23. The molecule has 19 heavy (non-hydrogen) atoms. The molecule has 2 aromatic rings. The van der Waals surface area contributed by atoms with Gasteiger partial charge in [-0.25, -0.2) is 8.78 Å². The Bertz CT molecular complexity index is 552. The Balaban J connectivity index is 2.28. The van der Waals surface area contributed by atoms with E-state index < -0.39 is 0 Å². The molecule has 0 heterocycles. The summed E-state index contributed by atoms with van der Waals surface area (Å²) >= 11 is 3.27. The second kappa shape index (κ2) is 6.26. The third-order valence-corrected chi connectivity index (χ3v) is 3.48. The van der Waals surface area contributed by atoms with E-state index in [0.29, 0.717) is 16.5 Å². The van der Waals surface area contributed by atoms with Crippen LogP contribution in [0.25, 0.3) is 0 Å². The van der Waals surface area contributed by atoms with E-state index in [0.717, 1.165) is 5.56 Å². The molecule has 100 valence electrons. The van der Waals surface area contributed by atoms with Gasteiger partial charge >= 0.3 is 0 Å². The van der Waals surface area contributed by atoms with E-state index in [2.05, 4.69) is 21.2 Å². The van der Waals surface area contributed by atoms with Crippen LogP contribution in [-0.4, -0.2) is 7.05 Å². The summed E-state index contributed by atoms with van der Waals surface area (Å²) in [5.41, 5.74) is 1.40. The third kappa shape index (κ3) is 3.61. The van der Waals surface area contributed by atoms with Crippen LogP contribution in [0.3, 0.4) is 0 Å². The third-order valence-electron chi connectivity index (χ3n) is 3.02. The molecule has 2 rings (SSSR count). The van der Waals surface area contributed by atoms with Crippen molar-refractivity contribution in [1.29, 1.82) is 0 Å². The molecule has 0 bridgehead atoms. The number of halogens is 3. The van der Waals surface area contributed by atoms with Crippen molar-refractivity contribution >= 4 is 15.9 Å². The zero-order chi connectivity index (χ0) is 13.8. The van der Waals surface area contributed by atoms with Crippen LogP contribution in [0.15, 0.2) is 46.9 Å². The largest absolute Gasteiger partial charge is 0.313 e. The van der Waals surface area contributed by atoms with E-state index >= 15 is 0 Å². The highest BCUT2D eigenvalue weighted by Gasteiger charge is 2.14. The zero-order valence-electron chi connectivity index (χ0n) is 10.5. The summed E-state index contributed by atoms with van der Waals surface area (Å²) in [6.07, 6.45) is 0.471. The summed E-state index contributed by atoms with van der Waals surface area (Å²) < 4.78 is 27.7. The standard InChI is InChI=1S/C15H14BrF2N/c1-19-15(8-10-4-2-3-5-14(10)18)11-6-12(16)9-13(17)7-11/h2-7,9,15,19H,8H2,1H3. The molecule has 0 saturated heterocycles. The van der Waals surface area contributed by atoms with E-state index in [1.165, 1.54) is 18.2 Å². The monoisotopic (exact) mass is 325 g/mol. The Labute approximate surface area is 119 Å². The van der Waals surface area contributed by atoms with E-state index in [1.807, 2.05) is 6.07 Å². The first-order chi connectivity index (χ1) is 9.10. The SMILES string of the molecule is CNC(Cc1ccccc1F)c1cc(F)cc(Br)c1. The second-order valence-electron chi connectivity index (χ2n) is 4.34. The van der Waals surface area contributed by atoms with Crippen molar-refractivity contribution in [3.63, 3.8) is 0 Å². The zero-order valence-corrected chi connectivity index (χ0v) is 12.0. The van der Waals surface area contributed by atoms with Gasteiger partial charge in [-0.2, -0.15) is 0 Å². The fraction of sp³-hybridized carbons (Fsp3) is 0.200. The van der Waals surface area contributed by atoms with Gasteiger partial charge in [0.2, 0.25) is 0 Å². The van der Waals surface area contributed by atoms with Crippen molar-refractivity contribution in [2.45, 2.75) is 12.5 Å². The molecule has 0 amide bonds. The minimum Gasteiger partial charge on any atom is -0.313 e. The minimum absolute atomic E-state index is 0.135. The van der Waals surface area contributed by atoms with Gasteiger partial charge in [0.05, 0.1) is 0 Å². The van der Waals surface area contributed by atoms with Gasteiger partial charge in [0, 0.05) is 10.5 Å². The Kier molecular flexibility index (Phi) is 4.66. The summed E-state index contributed by atoms with van der Waals surface area (Å²) in [5, 5.41) is 3.09. The van der Waals surface area contributed by atoms with Gasteiger partial charge in [0.15, 0.2) is 0 Å². The number of hydrogen-bond donors (Lipinski definition) is 1. The molecule has 0 spiro atoms. The maximum absolute atomic E-state index is 13.6. The van der Waals surface area contributed by atoms with Gasteiger partial charge in [-0.1, -0.05) is 34.1 Å². The van der Waals surface area contributed by atoms with Crippen molar-refractivity contribution in [1.82, 2.24) is 5.32 Å². The van der Waals surface area contributed by atoms with E-state index in [9.17, 15) is 8.78 Å². The maximum Gasteiger partial charge on any atom is 0.126 e. The van der Waals surface area contributed by atoms with Crippen molar-refractivity contribution < 1.29 is 8.78 Å². The minimum atomic E-state index is -0.307. The summed E-state index contributed by atoms with van der Waals surface area (Å²) in [6, 6.07) is 11.2. The van der Waals surface area contributed by atoms with Gasteiger partial charge in [-0.3, -0.25) is 0 Å². The average Bonchev–Trinajstić information content (AvgIpc) is 2.36. The van der Waals surface area contributed by atoms with Crippen LogP contribution in [0.1, 0.15) is 17.2 Å². The fourth-order valence-corrected chi connectivity index (χ4v) is 2.53. The van der Waals surface area contributed by atoms with Crippen molar-refractivity contribution in [2.75, 3.05) is 7.05 Å². The molecule has 0 aliphatic heterocycles. The number of rotatable bonds is 4. The Hall–Kier alpha value is -1.26. The quantitative estimate of drug-likeness (QED) is 0.887. The molecule has 0 aliphatic rings. The lowest BCUT2D eigenvalue weighted by molar-refractivity contribution is 0.549. The molecule has 4 heteroatoms. The van der Waals surface area contributed by atoms with Crippen LogP contribution in [-0.2, 0) is 6.42 Å². The van der Waals surface area contributed by atoms with Gasteiger partial charge in [0.25, 0.3) is 0 Å². The van der Waals surface area contributed by atoms with E-state index in [1.54, 1.807) is 25.2 Å². The number of nitrogens with one attached hydrogen (secondary N) is 1. The highest BCUT2D eigenvalue weighted by atomic mass is 79.9. The van der Waals surface area contributed by atoms with Crippen LogP contribution in [0, 0.1) is 11.6 Å². The van der Waals surface area contributed by atoms with Gasteiger partial charge in [0.1, 0.15) is 11.6 Å².